The Morgan fingerprint density at radius 2 is 2.30 bits per heavy atom. The van der Waals surface area contributed by atoms with Gasteiger partial charge in [-0.2, -0.15) is 0 Å². The van der Waals surface area contributed by atoms with Crippen molar-refractivity contribution < 1.29 is 29.1 Å². The minimum Gasteiger partial charge on any atom is -0.490 e. The van der Waals surface area contributed by atoms with Gasteiger partial charge in [0.25, 0.3) is 5.91 Å². The highest BCUT2D eigenvalue weighted by Crippen LogP contribution is 2.44. The fourth-order valence-corrected chi connectivity index (χ4v) is 7.74. The number of ether oxygens (including phenoxy) is 1. The number of aromatic nitrogens is 2. The smallest absolute Gasteiger partial charge is 0.313 e. The summed E-state index contributed by atoms with van der Waals surface area (Å²) in [6.07, 6.45) is 0. The molecular formula is C18H21N5O6S4. The van der Waals surface area contributed by atoms with Crippen molar-refractivity contribution in [2.45, 2.75) is 22.7 Å². The van der Waals surface area contributed by atoms with Gasteiger partial charge in [0.1, 0.15) is 28.9 Å². The van der Waals surface area contributed by atoms with Crippen LogP contribution in [0.25, 0.3) is 0 Å². The highest BCUT2D eigenvalue weighted by molar-refractivity contribution is 8.02. The topological polar surface area (TPSA) is 143 Å². The molecular weight excluding hydrogens is 510 g/mol. The number of hydrogen-bond donors (Lipinski definition) is 2. The summed E-state index contributed by atoms with van der Waals surface area (Å²) in [5.74, 6) is -0.240. The van der Waals surface area contributed by atoms with Gasteiger partial charge >= 0.3 is 5.97 Å². The number of carbonyl (C=O) groups is 3. The maximum atomic E-state index is 12.8. The first-order valence-electron chi connectivity index (χ1n) is 9.80. The predicted molar refractivity (Wildman–Crippen MR) is 126 cm³/mol. The molecule has 2 N–H and O–H groups in total. The van der Waals surface area contributed by atoms with Crippen molar-refractivity contribution in [2.24, 2.45) is 10.6 Å². The zero-order chi connectivity index (χ0) is 23.6. The van der Waals surface area contributed by atoms with E-state index in [1.807, 2.05) is 6.92 Å². The Kier molecular flexibility index (Phi) is 7.40. The van der Waals surface area contributed by atoms with E-state index in [-0.39, 0.29) is 29.3 Å². The van der Waals surface area contributed by atoms with Gasteiger partial charge < -0.3 is 24.9 Å². The summed E-state index contributed by atoms with van der Waals surface area (Å²) in [5.41, 5.74) is -1.16. The highest BCUT2D eigenvalue weighted by Gasteiger charge is 2.57. The predicted octanol–water partition coefficient (Wildman–Crippen LogP) is 1.02. The van der Waals surface area contributed by atoms with Crippen LogP contribution in [-0.4, -0.2) is 92.6 Å². The normalized spacial score (nSPS) is 27.1. The second-order valence-corrected chi connectivity index (χ2v) is 11.9. The standard InChI is InChI=1S/C18H21N5O6S4/c1-9-20-21-17(33-9)32-8-18(16(26)27)6-23-14(25)12(15(23)31-7-18)19-13(24)11(22-28-2)10-5-30-4-3-29-10/h5,12,15H,3-4,6-8H2,1-2H3,(H,19,24)(H,26,27)/t12?,15-,18?/m1/s1. The molecule has 1 aromatic heterocycles. The number of rotatable bonds is 8. The van der Waals surface area contributed by atoms with Crippen LogP contribution in [0.15, 0.2) is 20.7 Å². The number of thioether (sulfide) groups is 3. The summed E-state index contributed by atoms with van der Waals surface area (Å²) >= 11 is 5.57. The molecule has 0 saturated carbocycles. The molecule has 178 valence electrons. The molecule has 2 amide bonds. The van der Waals surface area contributed by atoms with Crippen molar-refractivity contribution >= 4 is 70.1 Å². The van der Waals surface area contributed by atoms with Gasteiger partial charge in [0.15, 0.2) is 10.1 Å². The van der Waals surface area contributed by atoms with Gasteiger partial charge in [0.05, 0.1) is 6.61 Å². The molecule has 33 heavy (non-hydrogen) atoms. The van der Waals surface area contributed by atoms with E-state index in [0.29, 0.717) is 22.5 Å². The molecule has 3 aliphatic heterocycles. The first-order chi connectivity index (χ1) is 15.8. The van der Waals surface area contributed by atoms with Crippen LogP contribution in [-0.2, 0) is 24.0 Å². The summed E-state index contributed by atoms with van der Waals surface area (Å²) in [5, 5.41) is 26.6. The number of nitrogens with one attached hydrogen (secondary N) is 1. The molecule has 1 aromatic rings. The number of amides is 2. The molecule has 0 radical (unpaired) electrons. The lowest BCUT2D eigenvalue weighted by atomic mass is 9.89. The lowest BCUT2D eigenvalue weighted by Gasteiger charge is -2.53. The molecule has 3 aliphatic rings. The van der Waals surface area contributed by atoms with E-state index in [4.69, 9.17) is 9.57 Å². The van der Waals surface area contributed by atoms with Crippen LogP contribution < -0.4 is 5.32 Å². The van der Waals surface area contributed by atoms with Crippen molar-refractivity contribution in [2.75, 3.05) is 37.5 Å². The summed E-state index contributed by atoms with van der Waals surface area (Å²) < 4.78 is 6.19. The molecule has 4 heterocycles. The number of β-lactam (4-membered cyclic amide) rings is 1. The zero-order valence-corrected chi connectivity index (χ0v) is 20.9. The Labute approximate surface area is 206 Å². The van der Waals surface area contributed by atoms with Gasteiger partial charge in [-0.1, -0.05) is 28.3 Å². The number of aliphatic carboxylic acids is 1. The molecule has 2 fully saturated rings. The largest absolute Gasteiger partial charge is 0.490 e. The molecule has 2 unspecified atom stereocenters. The van der Waals surface area contributed by atoms with E-state index in [1.165, 1.54) is 58.6 Å². The number of aryl methyl sites for hydroxylation is 1. The van der Waals surface area contributed by atoms with Gasteiger partial charge in [-0.3, -0.25) is 14.4 Å². The summed E-state index contributed by atoms with van der Waals surface area (Å²) in [6.45, 7) is 2.34. The fourth-order valence-electron chi connectivity index (χ4n) is 3.43. The number of carbonyl (C=O) groups excluding carboxylic acids is 2. The quantitative estimate of drug-likeness (QED) is 0.215. The van der Waals surface area contributed by atoms with Gasteiger partial charge in [0.2, 0.25) is 11.6 Å². The van der Waals surface area contributed by atoms with E-state index in [0.717, 1.165) is 10.8 Å². The highest BCUT2D eigenvalue weighted by atomic mass is 32.2. The fraction of sp³-hybridized carbons (Fsp3) is 0.556. The second kappa shape index (κ2) is 10.1. The number of carboxylic acid groups (broad SMARTS) is 1. The molecule has 0 bridgehead atoms. The summed E-state index contributed by atoms with van der Waals surface area (Å²) in [6, 6.07) is -0.772. The van der Waals surface area contributed by atoms with E-state index in [2.05, 4.69) is 20.7 Å². The van der Waals surface area contributed by atoms with Crippen LogP contribution in [0.2, 0.25) is 0 Å². The maximum absolute atomic E-state index is 12.8. The van der Waals surface area contributed by atoms with Crippen LogP contribution in [0.3, 0.4) is 0 Å². The van der Waals surface area contributed by atoms with Gasteiger partial charge in [0, 0.05) is 29.2 Å². The summed E-state index contributed by atoms with van der Waals surface area (Å²) in [4.78, 5) is 44.1. The van der Waals surface area contributed by atoms with E-state index < -0.39 is 23.3 Å². The van der Waals surface area contributed by atoms with Crippen molar-refractivity contribution in [3.05, 3.63) is 16.2 Å². The number of nitrogens with zero attached hydrogens (tertiary/aromatic N) is 4. The Hall–Kier alpha value is -1.97. The van der Waals surface area contributed by atoms with Crippen LogP contribution >= 0.6 is 46.6 Å². The average Bonchev–Trinajstić information content (AvgIpc) is 3.24. The first kappa shape index (κ1) is 24.2. The lowest BCUT2D eigenvalue weighted by molar-refractivity contribution is -0.157. The molecule has 0 aliphatic carbocycles. The molecule has 4 rings (SSSR count). The lowest BCUT2D eigenvalue weighted by Crippen LogP contribution is -2.74. The maximum Gasteiger partial charge on any atom is 0.313 e. The summed E-state index contributed by atoms with van der Waals surface area (Å²) in [7, 11) is 1.32. The number of carboxylic acids is 1. The molecule has 0 spiro atoms. The number of fused-ring (bicyclic) bond motifs is 1. The Morgan fingerprint density at radius 1 is 1.48 bits per heavy atom. The van der Waals surface area contributed by atoms with Crippen molar-refractivity contribution in [1.29, 1.82) is 0 Å². The van der Waals surface area contributed by atoms with E-state index in [9.17, 15) is 19.5 Å². The van der Waals surface area contributed by atoms with Gasteiger partial charge in [-0.25, -0.2) is 0 Å². The SMILES string of the molecule is CON=C(C(=O)NC1C(=O)N2CC(CSc3nnc(C)s3)(C(=O)O)CS[C@H]12)C1=CSCCO1. The molecule has 3 atom stereocenters. The number of hydrogen-bond acceptors (Lipinski definition) is 12. The van der Waals surface area contributed by atoms with Crippen LogP contribution in [0, 0.1) is 12.3 Å². The van der Waals surface area contributed by atoms with Crippen molar-refractivity contribution in [3.8, 4) is 0 Å². The van der Waals surface area contributed by atoms with Crippen LogP contribution in [0.5, 0.6) is 0 Å². The van der Waals surface area contributed by atoms with Crippen molar-refractivity contribution in [3.63, 3.8) is 0 Å². The molecule has 0 aromatic carbocycles. The third kappa shape index (κ3) is 4.95. The minimum atomic E-state index is -1.11. The molecule has 11 nitrogen and oxygen atoms in total. The van der Waals surface area contributed by atoms with Crippen LogP contribution in [0.4, 0.5) is 0 Å². The zero-order valence-electron chi connectivity index (χ0n) is 17.7. The molecule has 15 heteroatoms. The Balaban J connectivity index is 1.41. The van der Waals surface area contributed by atoms with E-state index >= 15 is 0 Å². The van der Waals surface area contributed by atoms with Gasteiger partial charge in [-0.05, 0) is 6.92 Å². The minimum absolute atomic E-state index is 0.0413. The Bertz CT molecular complexity index is 1020. The van der Waals surface area contributed by atoms with Crippen LogP contribution in [0.1, 0.15) is 5.01 Å². The third-order valence-electron chi connectivity index (χ3n) is 5.14. The molecule has 2 saturated heterocycles. The first-order valence-corrected chi connectivity index (χ1v) is 13.7. The van der Waals surface area contributed by atoms with Crippen molar-refractivity contribution in [1.82, 2.24) is 20.4 Å². The Morgan fingerprint density at radius 3 is 2.94 bits per heavy atom. The average molecular weight is 532 g/mol. The number of oxime groups is 1. The third-order valence-corrected chi connectivity index (χ3v) is 9.78. The monoisotopic (exact) mass is 531 g/mol. The second-order valence-electron chi connectivity index (χ2n) is 7.40. The van der Waals surface area contributed by atoms with E-state index in [1.54, 1.807) is 5.41 Å². The van der Waals surface area contributed by atoms with Gasteiger partial charge in [-0.15, -0.1) is 33.7 Å².